The molecule has 1 aromatic rings. The lowest BCUT2D eigenvalue weighted by molar-refractivity contribution is -0.147. The van der Waals surface area contributed by atoms with Crippen LogP contribution in [-0.2, 0) is 5.41 Å². The van der Waals surface area contributed by atoms with Gasteiger partial charge in [-0.1, -0.05) is 47.8 Å². The Balaban J connectivity index is 1.67. The van der Waals surface area contributed by atoms with Crippen molar-refractivity contribution >= 4 is 15.9 Å². The smallest absolute Gasteiger partial charge is 0.0175 e. The van der Waals surface area contributed by atoms with Crippen LogP contribution in [-0.4, -0.2) is 0 Å². The Hall–Kier alpha value is -0.300. The molecule has 0 unspecified atom stereocenters. The zero-order valence-electron chi connectivity index (χ0n) is 9.93. The Bertz CT molecular complexity index is 371. The number of halogens is 1. The summed E-state index contributed by atoms with van der Waals surface area (Å²) >= 11 is 3.51. The number of benzene rings is 1. The molecule has 0 spiro atoms. The maximum Gasteiger partial charge on any atom is 0.0175 e. The van der Waals surface area contributed by atoms with Crippen molar-refractivity contribution in [2.24, 2.45) is 5.41 Å². The lowest BCUT2D eigenvalue weighted by atomic mass is 9.32. The van der Waals surface area contributed by atoms with Crippen LogP contribution in [0.5, 0.6) is 0 Å². The van der Waals surface area contributed by atoms with Gasteiger partial charge in [0.15, 0.2) is 0 Å². The van der Waals surface area contributed by atoms with Gasteiger partial charge in [0.25, 0.3) is 0 Å². The Morgan fingerprint density at radius 1 is 1.12 bits per heavy atom. The average Bonchev–Trinajstić information content (AvgIpc) is 2.17. The minimum Gasteiger partial charge on any atom is -0.0654 e. The maximum atomic E-state index is 3.51. The van der Waals surface area contributed by atoms with Gasteiger partial charge >= 0.3 is 0 Å². The van der Waals surface area contributed by atoms with Gasteiger partial charge in [-0.15, -0.1) is 0 Å². The van der Waals surface area contributed by atoms with Crippen LogP contribution in [0, 0.1) is 5.41 Å². The fourth-order valence-corrected chi connectivity index (χ4v) is 4.19. The molecule has 3 aliphatic carbocycles. The van der Waals surface area contributed by atoms with E-state index < -0.39 is 0 Å². The highest BCUT2D eigenvalue weighted by molar-refractivity contribution is 9.10. The van der Waals surface area contributed by atoms with Gasteiger partial charge in [-0.3, -0.25) is 0 Å². The lowest BCUT2D eigenvalue weighted by Crippen LogP contribution is -2.64. The molecule has 3 aliphatic rings. The lowest BCUT2D eigenvalue weighted by Gasteiger charge is -2.72. The van der Waals surface area contributed by atoms with Gasteiger partial charge in [0.2, 0.25) is 0 Å². The first kappa shape index (κ1) is 10.8. The third-order valence-electron chi connectivity index (χ3n) is 4.66. The summed E-state index contributed by atoms with van der Waals surface area (Å²) in [6, 6.07) is 9.00. The maximum absolute atomic E-state index is 3.51. The molecule has 0 nitrogen and oxygen atoms in total. The molecule has 0 aromatic heterocycles. The molecular weight excluding hydrogens is 260 g/mol. The Labute approximate surface area is 107 Å². The summed E-state index contributed by atoms with van der Waals surface area (Å²) in [4.78, 5) is 0. The van der Waals surface area contributed by atoms with Crippen LogP contribution >= 0.6 is 15.9 Å². The van der Waals surface area contributed by atoms with E-state index >= 15 is 0 Å². The summed E-state index contributed by atoms with van der Waals surface area (Å²) in [5.41, 5.74) is 2.94. The largest absolute Gasteiger partial charge is 0.0654 e. The molecule has 86 valence electrons. The predicted molar refractivity (Wildman–Crippen MR) is 71.6 cm³/mol. The van der Waals surface area contributed by atoms with Crippen LogP contribution in [0.2, 0.25) is 0 Å². The zero-order chi connectivity index (χ0) is 11.2. The fraction of sp³-hybridized carbons (Fsp3) is 0.600. The zero-order valence-corrected chi connectivity index (χ0v) is 11.5. The van der Waals surface area contributed by atoms with E-state index in [1.165, 1.54) is 43.0 Å². The molecule has 0 saturated heterocycles. The Kier molecular flexibility index (Phi) is 2.43. The molecule has 16 heavy (non-hydrogen) atoms. The van der Waals surface area contributed by atoms with Gasteiger partial charge in [0.1, 0.15) is 0 Å². The molecule has 3 fully saturated rings. The average molecular weight is 279 g/mol. The number of hydrogen-bond donors (Lipinski definition) is 0. The van der Waals surface area contributed by atoms with Crippen LogP contribution in [0.1, 0.15) is 51.0 Å². The van der Waals surface area contributed by atoms with Crippen molar-refractivity contribution in [2.45, 2.75) is 50.9 Å². The summed E-state index contributed by atoms with van der Waals surface area (Å²) in [5.74, 6) is 0. The quantitative estimate of drug-likeness (QED) is 0.722. The van der Waals surface area contributed by atoms with Crippen molar-refractivity contribution in [3.63, 3.8) is 0 Å². The topological polar surface area (TPSA) is 0 Å². The fourth-order valence-electron chi connectivity index (χ4n) is 3.92. The molecule has 1 heteroatoms. The minimum absolute atomic E-state index is 0.592. The second-order valence-electron chi connectivity index (χ2n) is 5.92. The molecule has 0 aliphatic heterocycles. The highest BCUT2D eigenvalue weighted by Gasteiger charge is 2.67. The Morgan fingerprint density at radius 3 is 2.31 bits per heavy atom. The summed E-state index contributed by atoms with van der Waals surface area (Å²) in [7, 11) is 0. The number of hydrogen-bond acceptors (Lipinski definition) is 0. The molecule has 0 N–H and O–H groups in total. The highest BCUT2D eigenvalue weighted by Crippen LogP contribution is 2.75. The summed E-state index contributed by atoms with van der Waals surface area (Å²) in [6.45, 7) is 2.30. The summed E-state index contributed by atoms with van der Waals surface area (Å²) in [5, 5.41) is 0. The predicted octanol–water partition coefficient (Wildman–Crippen LogP) is 5.06. The summed E-state index contributed by atoms with van der Waals surface area (Å²) in [6.07, 6.45) is 8.64. The van der Waals surface area contributed by atoms with Crippen LogP contribution in [0.3, 0.4) is 0 Å². The van der Waals surface area contributed by atoms with Crippen molar-refractivity contribution in [3.05, 3.63) is 34.3 Å². The summed E-state index contributed by atoms with van der Waals surface area (Å²) < 4.78 is 1.20. The van der Waals surface area contributed by atoms with Gasteiger partial charge < -0.3 is 0 Å². The first-order valence-corrected chi connectivity index (χ1v) is 7.24. The van der Waals surface area contributed by atoms with E-state index in [1.807, 2.05) is 0 Å². The number of unbranched alkanes of at least 4 members (excludes halogenated alkanes) is 1. The third kappa shape index (κ3) is 1.48. The molecule has 0 radical (unpaired) electrons. The highest BCUT2D eigenvalue weighted by atomic mass is 79.9. The third-order valence-corrected chi connectivity index (χ3v) is 5.19. The van der Waals surface area contributed by atoms with Gasteiger partial charge in [-0.25, -0.2) is 0 Å². The first-order chi connectivity index (χ1) is 7.68. The molecule has 3 saturated carbocycles. The van der Waals surface area contributed by atoms with Crippen LogP contribution < -0.4 is 0 Å². The Morgan fingerprint density at radius 2 is 1.75 bits per heavy atom. The standard InChI is InChI=1S/C15H19Br/c1-2-3-8-14-9-15(10-14,11-14)12-4-6-13(16)7-5-12/h4-7H,2-3,8-11H2,1H3. The minimum atomic E-state index is 0.592. The molecular formula is C15H19Br. The molecule has 0 heterocycles. The van der Waals surface area contributed by atoms with E-state index in [9.17, 15) is 0 Å². The van der Waals surface area contributed by atoms with Crippen LogP contribution in [0.4, 0.5) is 0 Å². The first-order valence-electron chi connectivity index (χ1n) is 6.44. The molecule has 0 atom stereocenters. The van der Waals surface area contributed by atoms with E-state index in [0.29, 0.717) is 5.41 Å². The second-order valence-corrected chi connectivity index (χ2v) is 6.84. The normalized spacial score (nSPS) is 35.4. The van der Waals surface area contributed by atoms with Crippen molar-refractivity contribution < 1.29 is 0 Å². The van der Waals surface area contributed by atoms with Crippen molar-refractivity contribution in [1.82, 2.24) is 0 Å². The van der Waals surface area contributed by atoms with Crippen molar-refractivity contribution in [1.29, 1.82) is 0 Å². The van der Waals surface area contributed by atoms with E-state index in [-0.39, 0.29) is 0 Å². The van der Waals surface area contributed by atoms with E-state index in [0.717, 1.165) is 5.41 Å². The molecule has 1 aromatic carbocycles. The van der Waals surface area contributed by atoms with Gasteiger partial charge in [0, 0.05) is 4.47 Å². The van der Waals surface area contributed by atoms with Crippen molar-refractivity contribution in [3.8, 4) is 0 Å². The van der Waals surface area contributed by atoms with Gasteiger partial charge in [-0.05, 0) is 54.2 Å². The van der Waals surface area contributed by atoms with E-state index in [4.69, 9.17) is 0 Å². The number of rotatable bonds is 4. The van der Waals surface area contributed by atoms with Crippen LogP contribution in [0.25, 0.3) is 0 Å². The van der Waals surface area contributed by atoms with Crippen molar-refractivity contribution in [2.75, 3.05) is 0 Å². The van der Waals surface area contributed by atoms with E-state index in [1.54, 1.807) is 5.56 Å². The van der Waals surface area contributed by atoms with Gasteiger partial charge in [-0.2, -0.15) is 0 Å². The second kappa shape index (κ2) is 3.60. The SMILES string of the molecule is CCCCC12CC(c3ccc(Br)cc3)(C1)C2. The molecule has 2 bridgehead atoms. The van der Waals surface area contributed by atoms with E-state index in [2.05, 4.69) is 47.1 Å². The molecule has 4 rings (SSSR count). The van der Waals surface area contributed by atoms with Gasteiger partial charge in [0.05, 0.1) is 0 Å². The van der Waals surface area contributed by atoms with Crippen LogP contribution in [0.15, 0.2) is 28.7 Å². The monoisotopic (exact) mass is 278 g/mol. The molecule has 0 amide bonds.